The van der Waals surface area contributed by atoms with Crippen molar-refractivity contribution < 1.29 is 102 Å². The van der Waals surface area contributed by atoms with E-state index in [-0.39, 0.29) is 46.0 Å². The van der Waals surface area contributed by atoms with Gasteiger partial charge in [0.05, 0.1) is 70.1 Å². The van der Waals surface area contributed by atoms with Gasteiger partial charge in [-0.3, -0.25) is 4.90 Å². The van der Waals surface area contributed by atoms with Crippen LogP contribution < -0.4 is 20.4 Å². The SMILES string of the molecule is O=C([O-])CO.O=C([O-])CO.O=C([O-])CO.O=C([O-])CO.OCCN(CCO)CCO.[Zr+4]. The summed E-state index contributed by atoms with van der Waals surface area (Å²) >= 11 is 0. The van der Waals surface area contributed by atoms with E-state index < -0.39 is 50.3 Å². The Balaban J connectivity index is -0.0000000652. The van der Waals surface area contributed by atoms with Crippen LogP contribution in [0.1, 0.15) is 0 Å². The van der Waals surface area contributed by atoms with Crippen molar-refractivity contribution in [3.63, 3.8) is 0 Å². The maximum atomic E-state index is 9.01. The van der Waals surface area contributed by atoms with Gasteiger partial charge in [-0.25, -0.2) is 0 Å². The minimum Gasteiger partial charge on any atom is -0.548 e. The predicted octanol–water partition coefficient (Wildman–Crippen LogP) is -10.8. The number of carbonyl (C=O) groups excluding carboxylic acids is 4. The number of rotatable bonds is 10. The molecule has 0 aliphatic heterocycles. The number of carboxylic acid groups (broad SMARTS) is 4. The number of aliphatic hydroxyl groups excluding tert-OH is 7. The molecule has 16 nitrogen and oxygen atoms in total. The van der Waals surface area contributed by atoms with E-state index in [1.54, 1.807) is 4.90 Å². The quantitative estimate of drug-likeness (QED) is 0.135. The molecule has 17 heteroatoms. The van der Waals surface area contributed by atoms with Crippen LogP contribution in [0.15, 0.2) is 0 Å². The van der Waals surface area contributed by atoms with Crippen LogP contribution in [0.4, 0.5) is 0 Å². The molecular weight excluding hydrogens is 513 g/mol. The Kier molecular flexibility index (Phi) is 54.5. The van der Waals surface area contributed by atoms with Gasteiger partial charge >= 0.3 is 26.2 Å². The first-order chi connectivity index (χ1) is 13.9. The summed E-state index contributed by atoms with van der Waals surface area (Å²) < 4.78 is 0. The molecule has 0 saturated carbocycles. The van der Waals surface area contributed by atoms with E-state index in [1.165, 1.54) is 0 Å². The number of aliphatic hydroxyl groups is 7. The van der Waals surface area contributed by atoms with Crippen molar-refractivity contribution in [2.75, 3.05) is 65.9 Å². The molecule has 31 heavy (non-hydrogen) atoms. The van der Waals surface area contributed by atoms with E-state index in [4.69, 9.17) is 75.3 Å². The van der Waals surface area contributed by atoms with Crippen molar-refractivity contribution in [3.8, 4) is 0 Å². The van der Waals surface area contributed by atoms with Crippen LogP contribution in [0.3, 0.4) is 0 Å². The molecule has 0 aromatic carbocycles. The topological polar surface area (TPSA) is 305 Å². The molecule has 0 fully saturated rings. The summed E-state index contributed by atoms with van der Waals surface area (Å²) in [7, 11) is 0. The van der Waals surface area contributed by atoms with Crippen LogP contribution in [0.25, 0.3) is 0 Å². The fourth-order valence-electron chi connectivity index (χ4n) is 0.760. The Morgan fingerprint density at radius 2 is 0.613 bits per heavy atom. The van der Waals surface area contributed by atoms with Crippen molar-refractivity contribution >= 4 is 23.9 Å². The average molecular weight is 541 g/mol. The molecule has 0 spiro atoms. The summed E-state index contributed by atoms with van der Waals surface area (Å²) in [6.07, 6.45) is 0. The van der Waals surface area contributed by atoms with E-state index in [0.29, 0.717) is 19.6 Å². The molecule has 0 unspecified atom stereocenters. The second-order valence-corrected chi connectivity index (χ2v) is 4.13. The van der Waals surface area contributed by atoms with Crippen LogP contribution >= 0.6 is 0 Å². The second-order valence-electron chi connectivity index (χ2n) is 4.13. The first kappa shape index (κ1) is 43.3. The van der Waals surface area contributed by atoms with E-state index in [1.807, 2.05) is 0 Å². The van der Waals surface area contributed by atoms with Crippen molar-refractivity contribution in [2.24, 2.45) is 0 Å². The van der Waals surface area contributed by atoms with Gasteiger partial charge in [-0.15, -0.1) is 0 Å². The fourth-order valence-corrected chi connectivity index (χ4v) is 0.760. The molecule has 7 N–H and O–H groups in total. The van der Waals surface area contributed by atoms with E-state index in [9.17, 15) is 0 Å². The predicted molar refractivity (Wildman–Crippen MR) is 86.1 cm³/mol. The molecule has 0 radical (unpaired) electrons. The molecule has 0 rings (SSSR count). The Labute approximate surface area is 196 Å². The van der Waals surface area contributed by atoms with Gasteiger partial charge in [0.1, 0.15) is 0 Å². The van der Waals surface area contributed by atoms with Crippen LogP contribution in [0.2, 0.25) is 0 Å². The van der Waals surface area contributed by atoms with Crippen LogP contribution in [-0.4, -0.2) is 130 Å². The van der Waals surface area contributed by atoms with Gasteiger partial charge in [0.2, 0.25) is 0 Å². The maximum Gasteiger partial charge on any atom is 4.00 e. The summed E-state index contributed by atoms with van der Waals surface area (Å²) in [5, 5.41) is 91.4. The first-order valence-corrected chi connectivity index (χ1v) is 7.71. The Bertz CT molecular complexity index is 341. The van der Waals surface area contributed by atoms with Gasteiger partial charge in [0, 0.05) is 19.6 Å². The summed E-state index contributed by atoms with van der Waals surface area (Å²) in [4.78, 5) is 37.8. The third-order valence-electron chi connectivity index (χ3n) is 1.77. The Morgan fingerprint density at radius 1 is 0.484 bits per heavy atom. The minimum atomic E-state index is -1.44. The monoisotopic (exact) mass is 539 g/mol. The van der Waals surface area contributed by atoms with E-state index >= 15 is 0 Å². The van der Waals surface area contributed by atoms with Crippen molar-refractivity contribution in [2.45, 2.75) is 0 Å². The number of aliphatic carboxylic acids is 4. The summed E-state index contributed by atoms with van der Waals surface area (Å²) in [6, 6.07) is 0. The third kappa shape index (κ3) is 83.4. The Morgan fingerprint density at radius 3 is 0.677 bits per heavy atom. The van der Waals surface area contributed by atoms with E-state index in [2.05, 4.69) is 0 Å². The molecule has 0 aliphatic rings. The van der Waals surface area contributed by atoms with Gasteiger partial charge in [-0.05, 0) is 0 Å². The van der Waals surface area contributed by atoms with Gasteiger partial charge in [0.15, 0.2) is 0 Å². The van der Waals surface area contributed by atoms with Crippen molar-refractivity contribution in [1.82, 2.24) is 4.90 Å². The molecule has 0 heterocycles. The van der Waals surface area contributed by atoms with Crippen LogP contribution in [0, 0.1) is 0 Å². The van der Waals surface area contributed by atoms with Crippen LogP contribution in [-0.2, 0) is 45.4 Å². The molecule has 0 aromatic rings. The van der Waals surface area contributed by atoms with Crippen LogP contribution in [0.5, 0.6) is 0 Å². The van der Waals surface area contributed by atoms with Gasteiger partial charge in [-0.2, -0.15) is 0 Å². The average Bonchev–Trinajstić information content (AvgIpc) is 2.70. The zero-order chi connectivity index (χ0) is 25.0. The number of hydrogen-bond donors (Lipinski definition) is 7. The first-order valence-electron chi connectivity index (χ1n) is 7.71. The van der Waals surface area contributed by atoms with E-state index in [0.717, 1.165) is 0 Å². The summed E-state index contributed by atoms with van der Waals surface area (Å²) in [6.45, 7) is -1.80. The smallest absolute Gasteiger partial charge is 0.548 e. The molecule has 0 bridgehead atoms. The zero-order valence-electron chi connectivity index (χ0n) is 16.4. The zero-order valence-corrected chi connectivity index (χ0v) is 18.9. The molecule has 182 valence electrons. The number of hydrogen-bond acceptors (Lipinski definition) is 16. The standard InChI is InChI=1S/C6H15NO3.4C2H4O3.Zr/c8-4-1-7(2-5-9)3-6-10;4*3-1-2(4)5;/h8-10H,1-6H2;4*3H,1H2,(H,4,5);/q;;;;;+4/p-4. The molecular formula is C14H27NO15Zr. The normalized spacial score (nSPS) is 8.26. The molecule has 0 saturated heterocycles. The Hall–Kier alpha value is -1.56. The molecule has 0 amide bonds. The number of carboxylic acids is 4. The molecule has 0 atom stereocenters. The second kappa shape index (κ2) is 39.0. The van der Waals surface area contributed by atoms with Gasteiger partial charge < -0.3 is 75.3 Å². The molecule has 0 aromatic heterocycles. The van der Waals surface area contributed by atoms with Gasteiger partial charge in [-0.1, -0.05) is 0 Å². The summed E-state index contributed by atoms with van der Waals surface area (Å²) in [5.41, 5.74) is 0. The molecule has 0 aliphatic carbocycles. The number of nitrogens with zero attached hydrogens (tertiary/aromatic N) is 1. The minimum absolute atomic E-state index is 0. The third-order valence-corrected chi connectivity index (χ3v) is 1.77. The van der Waals surface area contributed by atoms with Crippen molar-refractivity contribution in [1.29, 1.82) is 0 Å². The fraction of sp³-hybridized carbons (Fsp3) is 0.714. The number of carbonyl (C=O) groups is 4. The maximum absolute atomic E-state index is 9.01. The van der Waals surface area contributed by atoms with Gasteiger partial charge in [0.25, 0.3) is 0 Å². The van der Waals surface area contributed by atoms with Crippen molar-refractivity contribution in [3.05, 3.63) is 0 Å². The largest absolute Gasteiger partial charge is 4.00 e. The summed E-state index contributed by atoms with van der Waals surface area (Å²) in [5.74, 6) is -5.76.